The summed E-state index contributed by atoms with van der Waals surface area (Å²) in [6.45, 7) is 5.85. The lowest BCUT2D eigenvalue weighted by atomic mass is 9.99. The van der Waals surface area contributed by atoms with E-state index in [0.29, 0.717) is 48.3 Å². The van der Waals surface area contributed by atoms with Gasteiger partial charge >= 0.3 is 0 Å². The first kappa shape index (κ1) is 88.5. The zero-order valence-corrected chi connectivity index (χ0v) is 61.9. The zero-order chi connectivity index (χ0) is 81.1. The fourth-order valence-corrected chi connectivity index (χ4v) is 11.7. The molecule has 0 radical (unpaired) electrons. The maximum atomic E-state index is 14.9. The highest BCUT2D eigenvalue weighted by atomic mass is 16.3. The molecule has 2 aromatic heterocycles. The number of aromatic nitrogens is 4. The molecule has 40 nitrogen and oxygen atoms in total. The van der Waals surface area contributed by atoms with Crippen LogP contribution in [0.1, 0.15) is 115 Å². The number of carbonyl (C=O) groups excluding carboxylic acids is 15. The van der Waals surface area contributed by atoms with E-state index in [9.17, 15) is 82.1 Å². The van der Waals surface area contributed by atoms with Gasteiger partial charge in [-0.05, 0) is 94.0 Å². The lowest BCUT2D eigenvalue weighted by Crippen LogP contribution is -2.62. The van der Waals surface area contributed by atoms with Gasteiger partial charge in [-0.1, -0.05) is 63.2 Å². The number of imidazole rings is 2. The summed E-state index contributed by atoms with van der Waals surface area (Å²) in [5.41, 5.74) is 23.8. The number of phenols is 1. The number of aliphatic hydroxyl groups is 1. The summed E-state index contributed by atoms with van der Waals surface area (Å²) in [5.74, 6) is -14.7. The molecular formula is C70H103N23O17. The summed E-state index contributed by atoms with van der Waals surface area (Å²) in [7, 11) is 0. The molecule has 1 saturated heterocycles. The number of benzene rings is 2. The first-order valence-electron chi connectivity index (χ1n) is 35.9. The number of likely N-dealkylation sites (tertiary alicyclic amines) is 1. The van der Waals surface area contributed by atoms with Crippen molar-refractivity contribution in [1.82, 2.24) is 94.0 Å². The minimum atomic E-state index is -1.86. The molecule has 4 aromatic rings. The molecule has 40 heteroatoms. The predicted octanol–water partition coefficient (Wildman–Crippen LogP) is -6.60. The van der Waals surface area contributed by atoms with Crippen molar-refractivity contribution < 1.29 is 82.1 Å². The summed E-state index contributed by atoms with van der Waals surface area (Å²) in [6, 6.07) is -3.04. The monoisotopic (exact) mass is 1540 g/mol. The van der Waals surface area contributed by atoms with Crippen LogP contribution in [-0.4, -0.2) is 235 Å². The van der Waals surface area contributed by atoms with E-state index in [1.54, 1.807) is 44.2 Å². The van der Waals surface area contributed by atoms with Gasteiger partial charge in [0.1, 0.15) is 78.3 Å². The number of hydrogen-bond donors (Lipinski definition) is 22. The third kappa shape index (κ3) is 29.6. The topological polar surface area (TPSA) is 641 Å². The quantitative estimate of drug-likeness (QED) is 0.0111. The minimum absolute atomic E-state index is 0.0403. The Kier molecular flexibility index (Phi) is 36.1. The summed E-state index contributed by atoms with van der Waals surface area (Å²) >= 11 is 0. The molecule has 26 N–H and O–H groups in total. The molecular weight excluding hydrogens is 1430 g/mol. The third-order valence-corrected chi connectivity index (χ3v) is 17.6. The number of amides is 15. The van der Waals surface area contributed by atoms with Crippen LogP contribution in [0.15, 0.2) is 79.6 Å². The molecule has 600 valence electrons. The predicted molar refractivity (Wildman–Crippen MR) is 394 cm³/mol. The van der Waals surface area contributed by atoms with Crippen LogP contribution in [-0.2, 0) is 97.6 Å². The SMILES string of the molecule is CCC(NC(=O)[C@H](CO)NC(=O)CNC(=O)[C@H](Cc1c[nH]cn1)NC(=O)[C@H](CCCNC(=N)N)NC(C)=O)C(=O)N[C@@H](CC(N)=O)C(=O)N[C@@H](Cc1ccc(O)cc1)C(=O)N[C@H](C(=O)N[C@@H](Cc1ccccc1)C(=O)N1CCC[C@H]1C(=O)N[C@@H](C)C(=O)N[C@@H](Cc1c[nH]cn1)C(=O)N[C@@H](CCCCN)C(N)=O)C(C)C. The Morgan fingerprint density at radius 2 is 1.08 bits per heavy atom. The van der Waals surface area contributed by atoms with Crippen LogP contribution in [0.25, 0.3) is 0 Å². The van der Waals surface area contributed by atoms with Crippen LogP contribution in [0, 0.1) is 11.3 Å². The standard InChI is InChI=1S/C70H103N23O17/c1-6-45(85-66(107)53(34-94)84-56(98)33-79-60(101)49(28-42-31-76-35-80-42)89-62(103)47(83-39(5)95)17-12-24-78-70(74)75)61(102)90-51(30-55(72)97)64(105)88-48(26-41-19-21-44(96)22-20-41)65(106)92-57(37(2)3)68(109)91-52(27-40-14-8-7-9-15-40)69(110)93-25-13-18-54(93)67(108)82-38(4)59(100)87-50(29-43-32-77-36-81-43)63(104)86-46(58(73)99)16-10-11-23-71/h7-9,14-15,19-22,31-32,35-38,45-54,57,94,96H,6,10-13,16-18,23-30,33-34,71H2,1-5H3,(H2,72,97)(H2,73,99)(H,76,80)(H,77,81)(H,79,101)(H,82,108)(H,83,95)(H,84,98)(H,85,107)(H,86,104)(H,87,100)(H,88,105)(H,89,103)(H,90,102)(H,91,109)(H,92,106)(H4,74,75,78)/t38-,45?,46-,47-,48-,49-,50-,51-,52-,53-,54-,57-/m0/s1. The van der Waals surface area contributed by atoms with Gasteiger partial charge in [-0.3, -0.25) is 77.3 Å². The molecule has 0 spiro atoms. The van der Waals surface area contributed by atoms with Crippen molar-refractivity contribution in [2.75, 3.05) is 32.8 Å². The number of hydrogen-bond acceptors (Lipinski definition) is 21. The smallest absolute Gasteiger partial charge is 0.246 e. The second-order valence-corrected chi connectivity index (χ2v) is 26.7. The Balaban J connectivity index is 1.28. The van der Waals surface area contributed by atoms with Crippen molar-refractivity contribution in [2.45, 2.75) is 191 Å². The number of nitrogens with two attached hydrogens (primary N) is 4. The zero-order valence-electron chi connectivity index (χ0n) is 61.9. The average molecular weight is 1540 g/mol. The molecule has 1 aliphatic rings. The number of aromatic amines is 2. The summed E-state index contributed by atoms with van der Waals surface area (Å²) in [6.07, 6.45) is 5.79. The van der Waals surface area contributed by atoms with Gasteiger partial charge in [0.2, 0.25) is 88.6 Å². The number of aliphatic hydroxyl groups excluding tert-OH is 1. The van der Waals surface area contributed by atoms with Gasteiger partial charge in [-0.2, -0.15) is 0 Å². The van der Waals surface area contributed by atoms with Gasteiger partial charge < -0.3 is 117 Å². The molecule has 110 heavy (non-hydrogen) atoms. The van der Waals surface area contributed by atoms with E-state index in [1.807, 2.05) is 0 Å². The molecule has 5 rings (SSSR count). The largest absolute Gasteiger partial charge is 0.508 e. The van der Waals surface area contributed by atoms with E-state index in [2.05, 4.69) is 89.1 Å². The highest BCUT2D eigenvalue weighted by Gasteiger charge is 2.41. The van der Waals surface area contributed by atoms with Gasteiger partial charge in [0.05, 0.1) is 43.6 Å². The van der Waals surface area contributed by atoms with E-state index in [-0.39, 0.29) is 82.6 Å². The lowest BCUT2D eigenvalue weighted by Gasteiger charge is -2.31. The van der Waals surface area contributed by atoms with E-state index in [4.69, 9.17) is 28.3 Å². The number of rotatable bonds is 46. The number of unbranched alkanes of at least 4 members (excludes halogenated alkanes) is 1. The third-order valence-electron chi connectivity index (χ3n) is 17.6. The van der Waals surface area contributed by atoms with Crippen molar-refractivity contribution in [3.8, 4) is 5.75 Å². The molecule has 1 unspecified atom stereocenters. The number of aromatic hydroxyl groups is 1. The molecule has 0 bridgehead atoms. The Morgan fingerprint density at radius 1 is 0.564 bits per heavy atom. The number of primary amides is 2. The number of H-pyrrole nitrogens is 2. The van der Waals surface area contributed by atoms with Crippen molar-refractivity contribution in [3.63, 3.8) is 0 Å². The fourth-order valence-electron chi connectivity index (χ4n) is 11.7. The van der Waals surface area contributed by atoms with E-state index >= 15 is 0 Å². The Morgan fingerprint density at radius 3 is 1.65 bits per heavy atom. The van der Waals surface area contributed by atoms with E-state index < -0.39 is 187 Å². The second kappa shape index (κ2) is 44.9. The summed E-state index contributed by atoms with van der Waals surface area (Å²) in [5, 5.41) is 60.5. The molecule has 2 aromatic carbocycles. The molecule has 0 saturated carbocycles. The fraction of sp³-hybridized carbons (Fsp3) is 0.514. The second-order valence-electron chi connectivity index (χ2n) is 26.7. The number of nitrogens with zero attached hydrogens (tertiary/aromatic N) is 3. The number of phenolic OH excluding ortho intramolecular Hbond substituents is 1. The Labute approximate surface area is 633 Å². The molecule has 1 fully saturated rings. The lowest BCUT2D eigenvalue weighted by molar-refractivity contribution is -0.142. The van der Waals surface area contributed by atoms with E-state index in [0.717, 1.165) is 0 Å². The van der Waals surface area contributed by atoms with Crippen molar-refractivity contribution in [3.05, 3.63) is 102 Å². The Hall–Kier alpha value is -12.1. The average Bonchev–Trinajstić information content (AvgIpc) is 1.61. The highest BCUT2D eigenvalue weighted by Crippen LogP contribution is 2.22. The van der Waals surface area contributed by atoms with E-state index in [1.165, 1.54) is 75.0 Å². The maximum Gasteiger partial charge on any atom is 0.246 e. The number of guanidine groups is 1. The molecule has 1 aliphatic heterocycles. The normalized spacial score (nSPS) is 15.4. The van der Waals surface area contributed by atoms with Gasteiger partial charge in [0.15, 0.2) is 5.96 Å². The van der Waals surface area contributed by atoms with Gasteiger partial charge in [-0.25, -0.2) is 9.97 Å². The van der Waals surface area contributed by atoms with Crippen molar-refractivity contribution >= 4 is 94.6 Å². The molecule has 0 aliphatic carbocycles. The van der Waals surface area contributed by atoms with Crippen LogP contribution >= 0.6 is 0 Å². The molecule has 12 atom stereocenters. The first-order chi connectivity index (χ1) is 52.3. The maximum absolute atomic E-state index is 14.9. The van der Waals surface area contributed by atoms with Gasteiger partial charge in [0, 0.05) is 58.1 Å². The summed E-state index contributed by atoms with van der Waals surface area (Å²) < 4.78 is 0. The summed E-state index contributed by atoms with van der Waals surface area (Å²) in [4.78, 5) is 221. The minimum Gasteiger partial charge on any atom is -0.508 e. The van der Waals surface area contributed by atoms with Crippen LogP contribution in [0.2, 0.25) is 0 Å². The van der Waals surface area contributed by atoms with Crippen molar-refractivity contribution in [2.24, 2.45) is 28.9 Å². The number of nitrogens with one attached hydrogen (secondary N) is 16. The Bertz CT molecular complexity index is 3790. The first-order valence-corrected chi connectivity index (χ1v) is 35.9. The van der Waals surface area contributed by atoms with Crippen LogP contribution in [0.3, 0.4) is 0 Å². The van der Waals surface area contributed by atoms with Gasteiger partial charge in [-0.15, -0.1) is 0 Å². The number of carbonyl (C=O) groups is 15. The van der Waals surface area contributed by atoms with Crippen LogP contribution < -0.4 is 92.1 Å². The van der Waals surface area contributed by atoms with Crippen LogP contribution in [0.4, 0.5) is 0 Å². The molecule has 3 heterocycles. The van der Waals surface area contributed by atoms with Crippen molar-refractivity contribution in [1.29, 1.82) is 5.41 Å². The van der Waals surface area contributed by atoms with Crippen LogP contribution in [0.5, 0.6) is 5.75 Å². The highest BCUT2D eigenvalue weighted by molar-refractivity contribution is 6.01. The van der Waals surface area contributed by atoms with Gasteiger partial charge in [0.25, 0.3) is 0 Å². The molecule has 15 amide bonds.